The van der Waals surface area contributed by atoms with Gasteiger partial charge in [0, 0.05) is 67.7 Å². The fraction of sp³-hybridized carbons (Fsp3) is 0.116. The van der Waals surface area contributed by atoms with Crippen LogP contribution in [0.3, 0.4) is 0 Å². The van der Waals surface area contributed by atoms with E-state index < -0.39 is 19.9 Å². The van der Waals surface area contributed by atoms with Gasteiger partial charge in [0.25, 0.3) is 10.0 Å². The summed E-state index contributed by atoms with van der Waals surface area (Å²) in [5, 5.41) is 27.1. The highest BCUT2D eigenvalue weighted by atomic mass is 35.5. The number of pyridine rings is 4. The number of nitrogens with one attached hydrogen (secondary N) is 2. The predicted octanol–water partition coefficient (Wildman–Crippen LogP) is 6.92. The average Bonchev–Trinajstić information content (AvgIpc) is 4.18. The number of nitrogens with two attached hydrogens (primary N) is 1. The van der Waals surface area contributed by atoms with Gasteiger partial charge in [-0.1, -0.05) is 94.9 Å². The van der Waals surface area contributed by atoms with Crippen molar-refractivity contribution in [3.05, 3.63) is 151 Å². The minimum atomic E-state index is -3.78. The molecule has 0 unspecified atom stereocenters. The fourth-order valence-electron chi connectivity index (χ4n) is 6.16. The first-order chi connectivity index (χ1) is 32.3. The number of hydrogen-bond donors (Lipinski definition) is 3. The van der Waals surface area contributed by atoms with Crippen molar-refractivity contribution in [3.8, 4) is 22.3 Å². The lowest BCUT2D eigenvalue weighted by Gasteiger charge is -2.04. The molecule has 0 aliphatic rings. The van der Waals surface area contributed by atoms with Gasteiger partial charge < -0.3 is 11.1 Å². The van der Waals surface area contributed by atoms with Crippen molar-refractivity contribution in [2.45, 2.75) is 21.6 Å². The highest BCUT2D eigenvalue weighted by Gasteiger charge is 2.21. The lowest BCUT2D eigenvalue weighted by Crippen LogP contribution is -2.23. The van der Waals surface area contributed by atoms with Crippen LogP contribution in [0.5, 0.6) is 0 Å². The quantitative estimate of drug-likeness (QED) is 0.105. The van der Waals surface area contributed by atoms with Crippen molar-refractivity contribution in [1.82, 2.24) is 64.6 Å². The largest absolute Gasteiger partial charge is 0.374 e. The third kappa shape index (κ3) is 12.2. The Bertz CT molecular complexity index is 3510. The summed E-state index contributed by atoms with van der Waals surface area (Å²) in [4.78, 5) is 17.6. The number of aryl methyl sites for hydroxylation is 3. The summed E-state index contributed by atoms with van der Waals surface area (Å²) < 4.78 is 54.7. The average molecular weight is 993 g/mol. The maximum Gasteiger partial charge on any atom is 0.270 e. The molecule has 0 aliphatic heterocycles. The summed E-state index contributed by atoms with van der Waals surface area (Å²) in [6.45, 7) is 0.171. The van der Waals surface area contributed by atoms with Crippen LogP contribution in [0.25, 0.3) is 44.3 Å². The van der Waals surface area contributed by atoms with E-state index in [1.165, 1.54) is 0 Å². The maximum absolute atomic E-state index is 12.6. The van der Waals surface area contributed by atoms with Gasteiger partial charge >= 0.3 is 0 Å². The zero-order valence-electron chi connectivity index (χ0n) is 35.4. The molecule has 0 saturated heterocycles. The first-order valence-corrected chi connectivity index (χ1v) is 25.1. The Morgan fingerprint density at radius 1 is 0.627 bits per heavy atom. The number of rotatable bonds is 12. The number of fused-ring (bicyclic) bond motifs is 2. The van der Waals surface area contributed by atoms with E-state index in [2.05, 4.69) is 60.6 Å². The summed E-state index contributed by atoms with van der Waals surface area (Å²) in [6.07, 6.45) is 11.5. The molecule has 19 nitrogen and oxygen atoms in total. The molecule has 8 aromatic heterocycles. The van der Waals surface area contributed by atoms with Crippen molar-refractivity contribution >= 4 is 92.3 Å². The second-order valence-electron chi connectivity index (χ2n) is 14.4. The van der Waals surface area contributed by atoms with Crippen molar-refractivity contribution in [1.29, 1.82) is 0 Å². The normalized spacial score (nSPS) is 11.4. The number of nitrogens with zero attached hydrogens (tertiary/aromatic N) is 12. The van der Waals surface area contributed by atoms with Crippen LogP contribution in [-0.4, -0.2) is 82.5 Å². The van der Waals surface area contributed by atoms with E-state index in [0.29, 0.717) is 28.0 Å². The number of benzene rings is 2. The Hall–Kier alpha value is -7.15. The van der Waals surface area contributed by atoms with Gasteiger partial charge in [-0.25, -0.2) is 31.5 Å². The Morgan fingerprint density at radius 3 is 1.79 bits per heavy atom. The first-order valence-electron chi connectivity index (χ1n) is 19.9. The van der Waals surface area contributed by atoms with Gasteiger partial charge in [-0.15, -0.1) is 20.4 Å². The molecule has 10 aromatic rings. The lowest BCUT2D eigenvalue weighted by atomic mass is 10.1. The number of sulfonamides is 1. The molecule has 0 spiro atoms. The highest BCUT2D eigenvalue weighted by Crippen LogP contribution is 2.27. The smallest absolute Gasteiger partial charge is 0.270 e. The monoisotopic (exact) mass is 991 g/mol. The molecule has 0 aliphatic carbocycles. The standard InChI is InChI=1S/C21H18N8O2S2.C12H9ClN4.C10H11N3O2S2/c1-29-13-16(12-23-29)15-9-18-17(22-11-15)7-8-19(25-18)26-20-27-28-21(32-20)33(30,31)24-10-14-5-3-2-4-6-14;1-17-7-9(6-15-17)8-4-11-10(14-5-8)2-3-12(13)16-11;11-9-12-13-10(16-9)17(14,15)7-6-8-4-2-1-3-5-8/h2-9,11-13,24H,10H2,1H3,(H,25,26,27);2-7H,1H3;1-5H,6-7H2,(H2,11,12). The fourth-order valence-corrected chi connectivity index (χ4v) is 10.5. The zero-order chi connectivity index (χ0) is 47.0. The zero-order valence-corrected chi connectivity index (χ0v) is 39.4. The van der Waals surface area contributed by atoms with Crippen molar-refractivity contribution in [2.75, 3.05) is 16.8 Å². The molecule has 4 N–H and O–H groups in total. The molecule has 0 fully saturated rings. The predicted molar refractivity (Wildman–Crippen MR) is 259 cm³/mol. The van der Waals surface area contributed by atoms with Crippen LogP contribution >= 0.6 is 34.3 Å². The summed E-state index contributed by atoms with van der Waals surface area (Å²) in [6, 6.07) is 29.8. The Kier molecular flexibility index (Phi) is 14.2. The molecule has 2 aromatic carbocycles. The van der Waals surface area contributed by atoms with Gasteiger partial charge in [-0.2, -0.15) is 10.2 Å². The first kappa shape index (κ1) is 46.4. The second kappa shape index (κ2) is 20.6. The van der Waals surface area contributed by atoms with Gasteiger partial charge in [0.05, 0.1) is 40.2 Å². The molecular weight excluding hydrogens is 954 g/mol. The number of hydrogen-bond acceptors (Lipinski definition) is 18. The van der Waals surface area contributed by atoms with Gasteiger partial charge in [0.2, 0.25) is 28.8 Å². The molecular formula is C43H38ClN15O4S4. The lowest BCUT2D eigenvalue weighted by molar-refractivity contribution is 0.579. The van der Waals surface area contributed by atoms with Crippen LogP contribution in [0.4, 0.5) is 16.1 Å². The minimum Gasteiger partial charge on any atom is -0.374 e. The summed E-state index contributed by atoms with van der Waals surface area (Å²) in [7, 11) is -3.42. The van der Waals surface area contributed by atoms with E-state index in [0.717, 1.165) is 72.6 Å². The highest BCUT2D eigenvalue weighted by molar-refractivity contribution is 7.93. The SMILES string of the molecule is Cn1cc(-c2cnc3ccc(Cl)nc3c2)cn1.Cn1cc(-c2cnc3ccc(Nc4nnc(S(=O)(=O)NCc5ccccc5)s4)nc3c2)cn1.Nc1nnc(S(=O)(=O)CCc2ccccc2)s1. The molecule has 8 heterocycles. The Morgan fingerprint density at radius 2 is 1.21 bits per heavy atom. The molecule has 340 valence electrons. The maximum atomic E-state index is 12.6. The number of sulfone groups is 1. The molecule has 0 amide bonds. The number of halogens is 1. The third-order valence-corrected chi connectivity index (χ3v) is 15.2. The Balaban J connectivity index is 0.000000150. The van der Waals surface area contributed by atoms with Gasteiger partial charge in [-0.3, -0.25) is 19.3 Å². The van der Waals surface area contributed by atoms with E-state index >= 15 is 0 Å². The topological polar surface area (TPSA) is 257 Å². The van der Waals surface area contributed by atoms with Crippen LogP contribution < -0.4 is 15.8 Å². The molecule has 0 atom stereocenters. The van der Waals surface area contributed by atoms with Crippen LogP contribution in [0.2, 0.25) is 5.15 Å². The van der Waals surface area contributed by atoms with E-state index in [4.69, 9.17) is 17.3 Å². The van der Waals surface area contributed by atoms with Gasteiger partial charge in [-0.05, 0) is 53.9 Å². The summed E-state index contributed by atoms with van der Waals surface area (Å²) in [5.41, 5.74) is 14.1. The molecule has 0 radical (unpaired) electrons. The number of anilines is 3. The van der Waals surface area contributed by atoms with E-state index in [1.54, 1.807) is 40.1 Å². The van der Waals surface area contributed by atoms with E-state index in [1.807, 2.05) is 118 Å². The number of nitrogen functional groups attached to an aromatic ring is 1. The molecule has 67 heavy (non-hydrogen) atoms. The van der Waals surface area contributed by atoms with Crippen LogP contribution in [0.15, 0.2) is 143 Å². The minimum absolute atomic E-state index is 0.00840. The second-order valence-corrected chi connectivity index (χ2v) is 21.0. The van der Waals surface area contributed by atoms with Crippen LogP contribution in [-0.2, 0) is 46.9 Å². The summed E-state index contributed by atoms with van der Waals surface area (Å²) in [5.74, 6) is 0.524. The summed E-state index contributed by atoms with van der Waals surface area (Å²) >= 11 is 7.69. The Labute approximate surface area is 396 Å². The van der Waals surface area contributed by atoms with Crippen molar-refractivity contribution in [3.63, 3.8) is 0 Å². The van der Waals surface area contributed by atoms with Crippen molar-refractivity contribution < 1.29 is 16.8 Å². The number of aromatic nitrogens is 12. The van der Waals surface area contributed by atoms with Gasteiger partial charge in [0.15, 0.2) is 0 Å². The third-order valence-electron chi connectivity index (χ3n) is 9.49. The van der Waals surface area contributed by atoms with Crippen LogP contribution in [0.1, 0.15) is 11.1 Å². The molecule has 0 bridgehead atoms. The van der Waals surface area contributed by atoms with Crippen molar-refractivity contribution in [2.24, 2.45) is 14.1 Å². The molecule has 0 saturated carbocycles. The molecule has 24 heteroatoms. The van der Waals surface area contributed by atoms with E-state index in [-0.39, 0.29) is 26.1 Å². The molecule has 10 rings (SSSR count). The van der Waals surface area contributed by atoms with E-state index in [9.17, 15) is 16.8 Å². The van der Waals surface area contributed by atoms with Crippen LogP contribution in [0, 0.1) is 0 Å². The van der Waals surface area contributed by atoms with Gasteiger partial charge in [0.1, 0.15) is 11.0 Å².